The van der Waals surface area contributed by atoms with Crippen LogP contribution in [0.1, 0.15) is 38.4 Å². The van der Waals surface area contributed by atoms with Gasteiger partial charge >= 0.3 is 0 Å². The van der Waals surface area contributed by atoms with Crippen LogP contribution in [0.15, 0.2) is 6.07 Å². The Morgan fingerprint density at radius 2 is 1.94 bits per heavy atom. The van der Waals surface area contributed by atoms with Gasteiger partial charge in [0, 0.05) is 32.2 Å². The average Bonchev–Trinajstić information content (AvgIpc) is 2.34. The highest BCUT2D eigenvalue weighted by Crippen LogP contribution is 2.16. The van der Waals surface area contributed by atoms with Crippen LogP contribution in [0.3, 0.4) is 0 Å². The Morgan fingerprint density at radius 3 is 2.53 bits per heavy atom. The van der Waals surface area contributed by atoms with Crippen LogP contribution in [0.25, 0.3) is 0 Å². The molecule has 0 aliphatic carbocycles. The molecule has 0 fully saturated rings. The van der Waals surface area contributed by atoms with Crippen LogP contribution in [-0.4, -0.2) is 35.3 Å². The van der Waals surface area contributed by atoms with Gasteiger partial charge in [0.2, 0.25) is 0 Å². The Kier molecular flexibility index (Phi) is 5.69. The third kappa shape index (κ3) is 4.56. The van der Waals surface area contributed by atoms with Gasteiger partial charge in [-0.25, -0.2) is 9.97 Å². The maximum Gasteiger partial charge on any atom is 0.135 e. The summed E-state index contributed by atoms with van der Waals surface area (Å²) in [6, 6.07) is 1.89. The van der Waals surface area contributed by atoms with Gasteiger partial charge in [-0.3, -0.25) is 0 Å². The molecule has 96 valence electrons. The summed E-state index contributed by atoms with van der Waals surface area (Å²) in [7, 11) is 1.85. The molecule has 0 aliphatic rings. The van der Waals surface area contributed by atoms with Crippen molar-refractivity contribution < 1.29 is 5.11 Å². The van der Waals surface area contributed by atoms with Gasteiger partial charge in [-0.05, 0) is 12.8 Å². The summed E-state index contributed by atoms with van der Waals surface area (Å²) in [4.78, 5) is 8.85. The summed E-state index contributed by atoms with van der Waals surface area (Å²) < 4.78 is 0. The molecule has 1 heterocycles. The number of hydrogen-bond donors (Lipinski definition) is 3. The number of hydrogen-bond acceptors (Lipinski definition) is 5. The molecule has 0 aromatic carbocycles. The third-order valence-corrected chi connectivity index (χ3v) is 2.41. The van der Waals surface area contributed by atoms with Crippen LogP contribution < -0.4 is 10.6 Å². The van der Waals surface area contributed by atoms with Gasteiger partial charge in [-0.1, -0.05) is 13.8 Å². The van der Waals surface area contributed by atoms with Crippen molar-refractivity contribution in [1.29, 1.82) is 0 Å². The van der Waals surface area contributed by atoms with Crippen LogP contribution in [0, 0.1) is 0 Å². The molecule has 3 N–H and O–H groups in total. The molecule has 0 spiro atoms. The number of nitrogens with zero attached hydrogens (tertiary/aromatic N) is 2. The van der Waals surface area contributed by atoms with Gasteiger partial charge in [0.15, 0.2) is 0 Å². The standard InChI is InChI=1S/C12H22N4O/c1-9(2)12-15-10(13-3)8-11(16-12)14-6-4-5-7-17/h8-9,17H,4-7H2,1-3H3,(H2,13,14,15,16). The van der Waals surface area contributed by atoms with Crippen molar-refractivity contribution in [3.8, 4) is 0 Å². The fourth-order valence-corrected chi connectivity index (χ4v) is 1.40. The molecule has 0 saturated carbocycles. The smallest absolute Gasteiger partial charge is 0.135 e. The van der Waals surface area contributed by atoms with Crippen molar-refractivity contribution in [2.45, 2.75) is 32.6 Å². The summed E-state index contributed by atoms with van der Waals surface area (Å²) in [5.41, 5.74) is 0. The third-order valence-electron chi connectivity index (χ3n) is 2.41. The molecule has 0 radical (unpaired) electrons. The van der Waals surface area contributed by atoms with E-state index in [-0.39, 0.29) is 6.61 Å². The van der Waals surface area contributed by atoms with Crippen LogP contribution in [0.2, 0.25) is 0 Å². The first kappa shape index (κ1) is 13.7. The number of rotatable bonds is 7. The van der Waals surface area contributed by atoms with E-state index in [1.807, 2.05) is 13.1 Å². The number of nitrogens with one attached hydrogen (secondary N) is 2. The SMILES string of the molecule is CNc1cc(NCCCCO)nc(C(C)C)n1. The topological polar surface area (TPSA) is 70.1 Å². The second kappa shape index (κ2) is 7.06. The minimum absolute atomic E-state index is 0.241. The minimum atomic E-state index is 0.241. The van der Waals surface area contributed by atoms with E-state index in [2.05, 4.69) is 34.4 Å². The van der Waals surface area contributed by atoms with E-state index in [1.165, 1.54) is 0 Å². The molecular formula is C12H22N4O. The molecule has 1 aromatic heterocycles. The molecule has 0 atom stereocenters. The van der Waals surface area contributed by atoms with E-state index < -0.39 is 0 Å². The lowest BCUT2D eigenvalue weighted by molar-refractivity contribution is 0.286. The summed E-state index contributed by atoms with van der Waals surface area (Å²) >= 11 is 0. The first-order valence-corrected chi connectivity index (χ1v) is 6.08. The van der Waals surface area contributed by atoms with Crippen molar-refractivity contribution in [1.82, 2.24) is 9.97 Å². The van der Waals surface area contributed by atoms with Crippen LogP contribution >= 0.6 is 0 Å². The largest absolute Gasteiger partial charge is 0.396 e. The molecule has 1 aromatic rings. The van der Waals surface area contributed by atoms with Gasteiger partial charge in [0.25, 0.3) is 0 Å². The Bertz CT molecular complexity index is 341. The fourth-order valence-electron chi connectivity index (χ4n) is 1.40. The summed E-state index contributed by atoms with van der Waals surface area (Å²) in [5, 5.41) is 15.0. The highest BCUT2D eigenvalue weighted by atomic mass is 16.2. The normalized spacial score (nSPS) is 10.6. The van der Waals surface area contributed by atoms with E-state index in [0.717, 1.165) is 36.8 Å². The quantitative estimate of drug-likeness (QED) is 0.632. The average molecular weight is 238 g/mol. The molecule has 0 bridgehead atoms. The first-order valence-electron chi connectivity index (χ1n) is 6.08. The molecule has 5 heteroatoms. The fraction of sp³-hybridized carbons (Fsp3) is 0.667. The number of aromatic nitrogens is 2. The molecule has 0 unspecified atom stereocenters. The predicted octanol–water partition coefficient (Wildman–Crippen LogP) is 1.83. The predicted molar refractivity (Wildman–Crippen MR) is 70.5 cm³/mol. The van der Waals surface area contributed by atoms with Crippen molar-refractivity contribution in [3.63, 3.8) is 0 Å². The van der Waals surface area contributed by atoms with Gasteiger partial charge in [0.1, 0.15) is 17.5 Å². The highest BCUT2D eigenvalue weighted by molar-refractivity contribution is 5.47. The Morgan fingerprint density at radius 1 is 1.24 bits per heavy atom. The molecule has 17 heavy (non-hydrogen) atoms. The molecular weight excluding hydrogens is 216 g/mol. The lowest BCUT2D eigenvalue weighted by Gasteiger charge is -2.11. The molecule has 0 amide bonds. The van der Waals surface area contributed by atoms with E-state index in [1.54, 1.807) is 0 Å². The van der Waals surface area contributed by atoms with Crippen LogP contribution in [0.4, 0.5) is 11.6 Å². The van der Waals surface area contributed by atoms with Crippen LogP contribution in [0.5, 0.6) is 0 Å². The van der Waals surface area contributed by atoms with Gasteiger partial charge < -0.3 is 15.7 Å². The second-order valence-corrected chi connectivity index (χ2v) is 4.26. The molecule has 0 saturated heterocycles. The molecule has 0 aliphatic heterocycles. The highest BCUT2D eigenvalue weighted by Gasteiger charge is 2.06. The van der Waals surface area contributed by atoms with Gasteiger partial charge in [-0.2, -0.15) is 0 Å². The zero-order chi connectivity index (χ0) is 12.7. The van der Waals surface area contributed by atoms with Crippen molar-refractivity contribution >= 4 is 11.6 Å². The maximum absolute atomic E-state index is 8.70. The number of anilines is 2. The minimum Gasteiger partial charge on any atom is -0.396 e. The summed E-state index contributed by atoms with van der Waals surface area (Å²) in [6.45, 7) is 5.21. The number of aliphatic hydroxyl groups is 1. The Labute approximate surface area is 103 Å². The molecule has 5 nitrogen and oxygen atoms in total. The van der Waals surface area contributed by atoms with Crippen molar-refractivity contribution in [3.05, 3.63) is 11.9 Å². The van der Waals surface area contributed by atoms with Crippen molar-refractivity contribution in [2.24, 2.45) is 0 Å². The van der Waals surface area contributed by atoms with E-state index in [4.69, 9.17) is 5.11 Å². The second-order valence-electron chi connectivity index (χ2n) is 4.26. The van der Waals surface area contributed by atoms with E-state index >= 15 is 0 Å². The lowest BCUT2D eigenvalue weighted by Crippen LogP contribution is -2.09. The summed E-state index contributed by atoms with van der Waals surface area (Å²) in [5.74, 6) is 2.81. The zero-order valence-electron chi connectivity index (χ0n) is 10.8. The van der Waals surface area contributed by atoms with Crippen molar-refractivity contribution in [2.75, 3.05) is 30.8 Å². The van der Waals surface area contributed by atoms with E-state index in [0.29, 0.717) is 5.92 Å². The first-order chi connectivity index (χ1) is 8.17. The lowest BCUT2D eigenvalue weighted by atomic mass is 10.2. The van der Waals surface area contributed by atoms with E-state index in [9.17, 15) is 0 Å². The number of unbranched alkanes of at least 4 members (excludes halogenated alkanes) is 1. The Hall–Kier alpha value is -1.36. The monoisotopic (exact) mass is 238 g/mol. The summed E-state index contributed by atoms with van der Waals surface area (Å²) in [6.07, 6.45) is 1.75. The van der Waals surface area contributed by atoms with Gasteiger partial charge in [-0.15, -0.1) is 0 Å². The Balaban J connectivity index is 2.66. The maximum atomic E-state index is 8.70. The number of aliphatic hydroxyl groups excluding tert-OH is 1. The van der Waals surface area contributed by atoms with Gasteiger partial charge in [0.05, 0.1) is 0 Å². The molecule has 1 rings (SSSR count). The zero-order valence-corrected chi connectivity index (χ0v) is 10.8. The van der Waals surface area contributed by atoms with Crippen LogP contribution in [-0.2, 0) is 0 Å².